The van der Waals surface area contributed by atoms with Crippen molar-refractivity contribution in [3.05, 3.63) is 231 Å². The summed E-state index contributed by atoms with van der Waals surface area (Å²) in [7, 11) is 0. The molecule has 5 nitrogen and oxygen atoms in total. The summed E-state index contributed by atoms with van der Waals surface area (Å²) in [4.78, 5) is 24.7. The van der Waals surface area contributed by atoms with E-state index in [1.165, 1.54) is 51.4 Å². The third-order valence-corrected chi connectivity index (χ3v) is 14.0. The lowest BCUT2D eigenvalue weighted by Crippen LogP contribution is -2.28. The quantitative estimate of drug-likeness (QED) is 0.0373. The monoisotopic (exact) mass is 1200 g/mol. The van der Waals surface area contributed by atoms with Crippen LogP contribution in [0.25, 0.3) is 0 Å². The Morgan fingerprint density at radius 3 is 0.682 bits per heavy atom. The van der Waals surface area contributed by atoms with Crippen molar-refractivity contribution in [3.63, 3.8) is 0 Å². The minimum atomic E-state index is -0.803. The molecule has 5 heteroatoms. The molecule has 0 saturated carbocycles. The third kappa shape index (κ3) is 72.4. The van der Waals surface area contributed by atoms with E-state index in [9.17, 15) is 14.7 Å². The molecule has 0 spiro atoms. The first-order valence-corrected chi connectivity index (χ1v) is 34.9. The Morgan fingerprint density at radius 2 is 0.455 bits per heavy atom. The van der Waals surface area contributed by atoms with Crippen LogP contribution in [0.3, 0.4) is 0 Å². The smallest absolute Gasteiger partial charge is 0.306 e. The molecule has 0 radical (unpaired) electrons. The number of unbranched alkanes of at least 4 members (excludes halogenated alkanes) is 15. The van der Waals surface area contributed by atoms with Gasteiger partial charge in [-0.15, -0.1) is 0 Å². The van der Waals surface area contributed by atoms with Crippen LogP contribution in [0.2, 0.25) is 0 Å². The number of rotatable bonds is 61. The highest BCUT2D eigenvalue weighted by molar-refractivity contribution is 5.70. The van der Waals surface area contributed by atoms with Crippen molar-refractivity contribution in [2.75, 3.05) is 13.2 Å². The number of hydrogen-bond donors (Lipinski definition) is 1. The van der Waals surface area contributed by atoms with Gasteiger partial charge in [0.05, 0.1) is 6.61 Å². The number of carbonyl (C=O) groups is 2. The molecule has 0 saturated heterocycles. The minimum Gasteiger partial charge on any atom is -0.462 e. The predicted octanol–water partition coefficient (Wildman–Crippen LogP) is 24.9. The first kappa shape index (κ1) is 82.0. The topological polar surface area (TPSA) is 72.8 Å². The molecule has 0 aromatic rings. The largest absolute Gasteiger partial charge is 0.462 e. The second-order valence-electron chi connectivity index (χ2n) is 22.1. The van der Waals surface area contributed by atoms with Crippen LogP contribution < -0.4 is 0 Å². The average Bonchev–Trinajstić information content (AvgIpc) is 3.55. The molecule has 0 aliphatic heterocycles. The van der Waals surface area contributed by atoms with E-state index >= 15 is 0 Å². The van der Waals surface area contributed by atoms with Crippen molar-refractivity contribution >= 4 is 11.9 Å². The number of esters is 2. The maximum Gasteiger partial charge on any atom is 0.306 e. The molecule has 488 valence electrons. The molecule has 1 atom stereocenters. The molecule has 88 heavy (non-hydrogen) atoms. The van der Waals surface area contributed by atoms with Gasteiger partial charge in [0.25, 0.3) is 0 Å². The second kappa shape index (κ2) is 75.2. The van der Waals surface area contributed by atoms with E-state index in [0.717, 1.165) is 180 Å². The van der Waals surface area contributed by atoms with Crippen molar-refractivity contribution in [3.8, 4) is 0 Å². The Morgan fingerprint density at radius 1 is 0.261 bits per heavy atom. The summed E-state index contributed by atoms with van der Waals surface area (Å²) in [6.07, 6.45) is 123. The Labute approximate surface area is 541 Å². The van der Waals surface area contributed by atoms with Gasteiger partial charge in [-0.05, 0) is 161 Å². The van der Waals surface area contributed by atoms with Crippen molar-refractivity contribution in [2.24, 2.45) is 0 Å². The van der Waals surface area contributed by atoms with Gasteiger partial charge in [0.2, 0.25) is 0 Å². The lowest BCUT2D eigenvalue weighted by molar-refractivity contribution is -0.161. The van der Waals surface area contributed by atoms with Crippen LogP contribution >= 0.6 is 0 Å². The molecular formula is C83H126O5. The molecule has 0 aromatic carbocycles. The van der Waals surface area contributed by atoms with E-state index in [1.54, 1.807) is 0 Å². The molecular weight excluding hydrogens is 1080 g/mol. The first-order chi connectivity index (χ1) is 43.6. The molecule has 0 rings (SSSR count). The lowest BCUT2D eigenvalue weighted by atomic mass is 10.1. The van der Waals surface area contributed by atoms with Crippen molar-refractivity contribution < 1.29 is 24.2 Å². The molecule has 0 aromatic heterocycles. The van der Waals surface area contributed by atoms with Gasteiger partial charge in [-0.3, -0.25) is 9.59 Å². The van der Waals surface area contributed by atoms with Crippen LogP contribution in [0.4, 0.5) is 0 Å². The van der Waals surface area contributed by atoms with E-state index in [0.29, 0.717) is 12.8 Å². The average molecular weight is 1200 g/mol. The van der Waals surface area contributed by atoms with Gasteiger partial charge < -0.3 is 14.6 Å². The molecule has 0 fully saturated rings. The summed E-state index contributed by atoms with van der Waals surface area (Å²) in [5.74, 6) is -0.630. The highest BCUT2D eigenvalue weighted by atomic mass is 16.6. The summed E-state index contributed by atoms with van der Waals surface area (Å²) in [6.45, 7) is 3.88. The van der Waals surface area contributed by atoms with Gasteiger partial charge in [-0.25, -0.2) is 0 Å². The Hall–Kier alpha value is -6.04. The highest BCUT2D eigenvalue weighted by Gasteiger charge is 2.16. The normalized spacial score (nSPS) is 13.7. The summed E-state index contributed by atoms with van der Waals surface area (Å²) >= 11 is 0. The number of aliphatic hydroxyl groups is 1. The molecule has 1 N–H and O–H groups in total. The predicted molar refractivity (Wildman–Crippen MR) is 388 cm³/mol. The molecule has 1 unspecified atom stereocenters. The number of allylic oxidation sites excluding steroid dienone is 38. The van der Waals surface area contributed by atoms with Gasteiger partial charge in [0.15, 0.2) is 6.10 Å². The van der Waals surface area contributed by atoms with Crippen LogP contribution in [0.15, 0.2) is 231 Å². The fraction of sp³-hybridized carbons (Fsp3) is 0.518. The van der Waals surface area contributed by atoms with Gasteiger partial charge in [-0.1, -0.05) is 315 Å². The van der Waals surface area contributed by atoms with Crippen LogP contribution in [0.5, 0.6) is 0 Å². The first-order valence-electron chi connectivity index (χ1n) is 34.9. The van der Waals surface area contributed by atoms with Gasteiger partial charge >= 0.3 is 11.9 Å². The lowest BCUT2D eigenvalue weighted by Gasteiger charge is -2.15. The fourth-order valence-electron chi connectivity index (χ4n) is 8.81. The summed E-state index contributed by atoms with van der Waals surface area (Å²) in [5.41, 5.74) is 0. The summed E-state index contributed by atoms with van der Waals surface area (Å²) < 4.78 is 10.7. The fourth-order valence-corrected chi connectivity index (χ4v) is 8.81. The minimum absolute atomic E-state index is 0.0904. The molecule has 0 aliphatic rings. The van der Waals surface area contributed by atoms with E-state index in [2.05, 4.69) is 245 Å². The van der Waals surface area contributed by atoms with Crippen molar-refractivity contribution in [1.29, 1.82) is 0 Å². The summed E-state index contributed by atoms with van der Waals surface area (Å²) in [6, 6.07) is 0. The zero-order chi connectivity index (χ0) is 63.3. The zero-order valence-electron chi connectivity index (χ0n) is 55.9. The van der Waals surface area contributed by atoms with Crippen LogP contribution in [0.1, 0.15) is 258 Å². The standard InChI is InChI=1S/C83H126O5/c1-3-5-7-9-11-13-15-17-19-21-23-25-27-29-31-33-35-37-39-41-43-45-47-49-51-53-55-57-59-61-63-65-67-69-71-73-75-77-82(85)87-80-81(79-84)88-83(86)78-76-74-72-70-68-66-64-62-60-58-56-54-52-50-48-46-44-42-40-38-36-34-32-30-28-26-24-22-20-18-16-14-12-10-8-6-4-2/h5-8,11-14,17-20,23-26,29-32,35-38,41-44,47-50,53-56,60,62,81,84H,3-4,9-10,15-16,21-22,27-28,33-34,39-40,45-46,51-52,57-59,61,63-80H2,1-2H3/b7-5-,8-6-,13-11-,14-12-,19-17-,20-18-,25-23-,26-24-,31-29-,32-30-,37-35-,38-36-,43-41-,44-42-,49-47-,50-48-,55-53-,56-54-,62-60-. The van der Waals surface area contributed by atoms with Gasteiger partial charge in [0.1, 0.15) is 6.61 Å². The maximum absolute atomic E-state index is 12.4. The zero-order valence-corrected chi connectivity index (χ0v) is 55.9. The van der Waals surface area contributed by atoms with E-state index < -0.39 is 6.10 Å². The number of ether oxygens (including phenoxy) is 2. The number of carbonyl (C=O) groups excluding carboxylic acids is 2. The van der Waals surface area contributed by atoms with Crippen LogP contribution in [0, 0.1) is 0 Å². The van der Waals surface area contributed by atoms with Crippen molar-refractivity contribution in [2.45, 2.75) is 264 Å². The van der Waals surface area contributed by atoms with Crippen LogP contribution in [-0.2, 0) is 19.1 Å². The van der Waals surface area contributed by atoms with E-state index in [-0.39, 0.29) is 25.2 Å². The third-order valence-electron chi connectivity index (χ3n) is 14.0. The maximum atomic E-state index is 12.4. The van der Waals surface area contributed by atoms with Crippen molar-refractivity contribution in [1.82, 2.24) is 0 Å². The summed E-state index contributed by atoms with van der Waals surface area (Å²) in [5, 5.41) is 9.70. The molecule has 0 bridgehead atoms. The number of hydrogen-bond acceptors (Lipinski definition) is 5. The SMILES string of the molecule is CC/C=C\C/C=C\C/C=C\C/C=C\C/C=C\C/C=C\C/C=C\C/C=C\C/C=C\C/C=C\CCCCCCCCC(=O)OC(CO)COC(=O)CCCCCCCCCCC/C=C\C/C=C\C/C=C\C/C=C\C/C=C\C/C=C\C/C=C\C/C=C\C/C=C\CC. The Bertz CT molecular complexity index is 2150. The van der Waals surface area contributed by atoms with Gasteiger partial charge in [0, 0.05) is 12.8 Å². The molecule has 0 amide bonds. The van der Waals surface area contributed by atoms with Crippen LogP contribution in [-0.4, -0.2) is 36.4 Å². The highest BCUT2D eigenvalue weighted by Crippen LogP contribution is 2.14. The second-order valence-corrected chi connectivity index (χ2v) is 22.1. The van der Waals surface area contributed by atoms with E-state index in [1.807, 2.05) is 0 Å². The van der Waals surface area contributed by atoms with E-state index in [4.69, 9.17) is 9.47 Å². The molecule has 0 heterocycles. The number of aliphatic hydroxyl groups excluding tert-OH is 1. The Kier molecular flexibility index (Phi) is 70.0. The van der Waals surface area contributed by atoms with Gasteiger partial charge in [-0.2, -0.15) is 0 Å². The molecule has 0 aliphatic carbocycles. The Balaban J connectivity index is 3.65.